The minimum Gasteiger partial charge on any atom is -0.446 e. The number of ether oxygens (including phenoxy) is 1. The number of rotatable bonds is 6. The number of nitrogens with one attached hydrogen (secondary N) is 2. The molecule has 2 aromatic rings. The van der Waals surface area contributed by atoms with Gasteiger partial charge in [0.1, 0.15) is 17.2 Å². The molecule has 1 atom stereocenters. The molecule has 2 aliphatic rings. The number of sulfonamides is 1. The van der Waals surface area contributed by atoms with Crippen molar-refractivity contribution in [3.8, 4) is 6.07 Å². The summed E-state index contributed by atoms with van der Waals surface area (Å²) < 4.78 is 31.2. The Morgan fingerprint density at radius 2 is 2.08 bits per heavy atom. The van der Waals surface area contributed by atoms with Gasteiger partial charge in [-0.3, -0.25) is 9.78 Å². The Hall–Kier alpha value is -3.27. The summed E-state index contributed by atoms with van der Waals surface area (Å²) >= 11 is 1.34. The van der Waals surface area contributed by atoms with Crippen LogP contribution in [0.4, 0.5) is 9.80 Å². The number of aromatic nitrogens is 1. The highest BCUT2D eigenvalue weighted by atomic mass is 32.2. The number of piperidine rings is 1. The van der Waals surface area contributed by atoms with Crippen LogP contribution in [0.15, 0.2) is 30.6 Å². The molecule has 2 amide bonds. The Balaban J connectivity index is 1.33. The van der Waals surface area contributed by atoms with E-state index in [0.29, 0.717) is 55.8 Å². The summed E-state index contributed by atoms with van der Waals surface area (Å²) in [5, 5.41) is 13.0. The van der Waals surface area contributed by atoms with Gasteiger partial charge in [-0.25, -0.2) is 17.9 Å². The molecule has 0 bridgehead atoms. The largest absolute Gasteiger partial charge is 0.446 e. The van der Waals surface area contributed by atoms with Gasteiger partial charge in [0.05, 0.1) is 11.8 Å². The van der Waals surface area contributed by atoms with E-state index < -0.39 is 16.1 Å². The first kappa shape index (κ1) is 25.8. The van der Waals surface area contributed by atoms with Gasteiger partial charge in [0.2, 0.25) is 15.9 Å². The molecular formula is C24H27N5O5S2. The van der Waals surface area contributed by atoms with Crippen molar-refractivity contribution in [2.24, 2.45) is 0 Å². The van der Waals surface area contributed by atoms with Crippen molar-refractivity contribution in [1.29, 1.82) is 5.26 Å². The lowest BCUT2D eigenvalue weighted by Crippen LogP contribution is -2.47. The molecule has 1 unspecified atom stereocenters. The summed E-state index contributed by atoms with van der Waals surface area (Å²) in [6.07, 6.45) is 9.45. The number of anilines is 1. The standard InChI is InChI=1S/C24H27N5O5S2/c1-36(32,33)28-17-8-11-29(12-9-17)24(31)34-18-5-6-19-20(14-25)23(35-21(19)13-18)27-22(30)7-4-16-3-2-10-26-15-16/h2-4,7,10,15,17-18,28H,5-6,8-9,11-13H2,1H3,(H,27,30)/b7-4+. The minimum absolute atomic E-state index is 0.176. The van der Waals surface area contributed by atoms with E-state index in [9.17, 15) is 23.3 Å². The smallest absolute Gasteiger partial charge is 0.410 e. The second-order valence-electron chi connectivity index (χ2n) is 8.83. The maximum absolute atomic E-state index is 12.7. The molecule has 12 heteroatoms. The molecule has 3 heterocycles. The SMILES string of the molecule is CS(=O)(=O)NC1CCN(C(=O)OC2CCc3c(sc(NC(=O)/C=C/c4cccnc4)c3C#N)C2)CC1. The highest BCUT2D eigenvalue weighted by Crippen LogP contribution is 2.38. The molecule has 36 heavy (non-hydrogen) atoms. The van der Waals surface area contributed by atoms with E-state index in [1.807, 2.05) is 6.07 Å². The Morgan fingerprint density at radius 1 is 1.31 bits per heavy atom. The van der Waals surface area contributed by atoms with Gasteiger partial charge in [-0.2, -0.15) is 5.26 Å². The molecule has 2 aromatic heterocycles. The van der Waals surface area contributed by atoms with Crippen LogP contribution in [0.25, 0.3) is 6.08 Å². The summed E-state index contributed by atoms with van der Waals surface area (Å²) in [6, 6.07) is 5.64. The molecule has 2 N–H and O–H groups in total. The molecule has 1 aliphatic carbocycles. The highest BCUT2D eigenvalue weighted by Gasteiger charge is 2.31. The van der Waals surface area contributed by atoms with Gasteiger partial charge < -0.3 is 15.0 Å². The second kappa shape index (κ2) is 11.2. The van der Waals surface area contributed by atoms with Crippen molar-refractivity contribution in [3.63, 3.8) is 0 Å². The van der Waals surface area contributed by atoms with E-state index in [-0.39, 0.29) is 18.1 Å². The number of nitrogens with zero attached hydrogens (tertiary/aromatic N) is 3. The number of thiophene rings is 1. The fraction of sp³-hybridized carbons (Fsp3) is 0.417. The average Bonchev–Trinajstić information content (AvgIpc) is 3.18. The van der Waals surface area contributed by atoms with Crippen molar-refractivity contribution < 1.29 is 22.7 Å². The van der Waals surface area contributed by atoms with Gasteiger partial charge in [-0.15, -0.1) is 11.3 Å². The molecular weight excluding hydrogens is 502 g/mol. The third kappa shape index (κ3) is 6.69. The number of pyridine rings is 1. The molecule has 190 valence electrons. The predicted octanol–water partition coefficient (Wildman–Crippen LogP) is 2.67. The van der Waals surface area contributed by atoms with Crippen LogP contribution in [-0.4, -0.2) is 61.8 Å². The average molecular weight is 530 g/mol. The Bertz CT molecular complexity index is 1290. The van der Waals surface area contributed by atoms with E-state index in [1.54, 1.807) is 29.4 Å². The maximum Gasteiger partial charge on any atom is 0.410 e. The monoisotopic (exact) mass is 529 g/mol. The van der Waals surface area contributed by atoms with Gasteiger partial charge in [0.15, 0.2) is 0 Å². The second-order valence-corrected chi connectivity index (χ2v) is 11.7. The third-order valence-electron chi connectivity index (χ3n) is 6.08. The summed E-state index contributed by atoms with van der Waals surface area (Å²) in [4.78, 5) is 31.6. The zero-order valence-corrected chi connectivity index (χ0v) is 21.4. The lowest BCUT2D eigenvalue weighted by Gasteiger charge is -2.33. The van der Waals surface area contributed by atoms with Crippen molar-refractivity contribution in [2.45, 2.75) is 44.2 Å². The molecule has 0 aromatic carbocycles. The van der Waals surface area contributed by atoms with Gasteiger partial charge in [-0.1, -0.05) is 6.07 Å². The summed E-state index contributed by atoms with van der Waals surface area (Å²) in [7, 11) is -3.28. The van der Waals surface area contributed by atoms with Crippen LogP contribution in [0.5, 0.6) is 0 Å². The van der Waals surface area contributed by atoms with Crippen LogP contribution < -0.4 is 10.0 Å². The zero-order chi connectivity index (χ0) is 25.7. The van der Waals surface area contributed by atoms with Crippen LogP contribution >= 0.6 is 11.3 Å². The first-order valence-corrected chi connectivity index (χ1v) is 14.3. The number of fused-ring (bicyclic) bond motifs is 1. The maximum atomic E-state index is 12.7. The number of carbonyl (C=O) groups is 2. The normalized spacial score (nSPS) is 18.4. The molecule has 1 saturated heterocycles. The fourth-order valence-electron chi connectivity index (χ4n) is 4.36. The van der Waals surface area contributed by atoms with Crippen LogP contribution in [-0.2, 0) is 32.4 Å². The number of hydrogen-bond acceptors (Lipinski definition) is 8. The predicted molar refractivity (Wildman–Crippen MR) is 136 cm³/mol. The number of likely N-dealkylation sites (tertiary alicyclic amines) is 1. The van der Waals surface area contributed by atoms with Gasteiger partial charge in [-0.05, 0) is 49.0 Å². The Labute approximate surface area is 214 Å². The van der Waals surface area contributed by atoms with Crippen LogP contribution in [0.1, 0.15) is 40.8 Å². The number of hydrogen-bond donors (Lipinski definition) is 2. The van der Waals surface area contributed by atoms with Gasteiger partial charge in [0, 0.05) is 48.9 Å². The van der Waals surface area contributed by atoms with E-state index in [1.165, 1.54) is 17.4 Å². The molecule has 1 aliphatic heterocycles. The topological polar surface area (TPSA) is 141 Å². The summed E-state index contributed by atoms with van der Waals surface area (Å²) in [6.45, 7) is 0.842. The third-order valence-corrected chi connectivity index (χ3v) is 8.01. The van der Waals surface area contributed by atoms with E-state index in [2.05, 4.69) is 21.1 Å². The number of nitriles is 1. The Morgan fingerprint density at radius 3 is 2.75 bits per heavy atom. The number of amides is 2. The van der Waals surface area contributed by atoms with Crippen molar-refractivity contribution in [1.82, 2.24) is 14.6 Å². The van der Waals surface area contributed by atoms with Crippen LogP contribution in [0.2, 0.25) is 0 Å². The lowest BCUT2D eigenvalue weighted by molar-refractivity contribution is -0.111. The first-order chi connectivity index (χ1) is 17.2. The fourth-order valence-corrected chi connectivity index (χ4v) is 6.47. The first-order valence-electron chi connectivity index (χ1n) is 11.6. The summed E-state index contributed by atoms with van der Waals surface area (Å²) in [5.74, 6) is -0.342. The molecule has 1 fully saturated rings. The van der Waals surface area contributed by atoms with E-state index >= 15 is 0 Å². The van der Waals surface area contributed by atoms with Gasteiger partial charge in [0.25, 0.3) is 0 Å². The van der Waals surface area contributed by atoms with E-state index in [0.717, 1.165) is 22.3 Å². The Kier molecular flexibility index (Phi) is 8.03. The molecule has 0 radical (unpaired) electrons. The minimum atomic E-state index is -3.28. The van der Waals surface area contributed by atoms with Gasteiger partial charge >= 0.3 is 6.09 Å². The summed E-state index contributed by atoms with van der Waals surface area (Å²) in [5.41, 5.74) is 2.15. The van der Waals surface area contributed by atoms with Crippen molar-refractivity contribution in [3.05, 3.63) is 52.2 Å². The van der Waals surface area contributed by atoms with Crippen LogP contribution in [0.3, 0.4) is 0 Å². The molecule has 0 saturated carbocycles. The van der Waals surface area contributed by atoms with Crippen LogP contribution in [0, 0.1) is 11.3 Å². The lowest BCUT2D eigenvalue weighted by atomic mass is 9.94. The number of carbonyl (C=O) groups excluding carboxylic acids is 2. The molecule has 4 rings (SSSR count). The zero-order valence-electron chi connectivity index (χ0n) is 19.8. The van der Waals surface area contributed by atoms with E-state index in [4.69, 9.17) is 4.74 Å². The molecule has 10 nitrogen and oxygen atoms in total. The van der Waals surface area contributed by atoms with Crippen molar-refractivity contribution in [2.75, 3.05) is 24.7 Å². The highest BCUT2D eigenvalue weighted by molar-refractivity contribution is 7.88. The quantitative estimate of drug-likeness (QED) is 0.548. The van der Waals surface area contributed by atoms with Crippen molar-refractivity contribution >= 4 is 44.4 Å². The molecule has 0 spiro atoms.